The van der Waals surface area contributed by atoms with Crippen LogP contribution in [-0.4, -0.2) is 22.9 Å². The first-order valence-electron chi connectivity index (χ1n) is 5.54. The number of hydrogen-bond acceptors (Lipinski definition) is 3. The van der Waals surface area contributed by atoms with Crippen molar-refractivity contribution in [1.82, 2.24) is 0 Å². The lowest BCUT2D eigenvalue weighted by atomic mass is 10.1. The van der Waals surface area contributed by atoms with E-state index in [0.29, 0.717) is 12.1 Å². The molecule has 1 aromatic rings. The topological polar surface area (TPSA) is 146 Å². The zero-order valence-corrected chi connectivity index (χ0v) is 10.5. The van der Waals surface area contributed by atoms with Crippen molar-refractivity contribution in [2.45, 2.75) is 19.4 Å². The van der Waals surface area contributed by atoms with Crippen LogP contribution in [0.5, 0.6) is 0 Å². The maximum atomic E-state index is 10.5. The molecule has 19 heavy (non-hydrogen) atoms. The van der Waals surface area contributed by atoms with Crippen molar-refractivity contribution >= 4 is 17.6 Å². The Hall–Kier alpha value is -2.64. The number of nitro groups is 1. The standard InChI is InChI=1S/C11H16N6O2/c1-7(17(18)19)6-8-2-4-9(5-3-8)15-11(14)16-10(12)13/h2-5,7H,6H2,1H3,(H6,12,13,14,15,16). The predicted molar refractivity (Wildman–Crippen MR) is 73.7 cm³/mol. The second kappa shape index (κ2) is 6.34. The van der Waals surface area contributed by atoms with E-state index >= 15 is 0 Å². The van der Waals surface area contributed by atoms with Gasteiger partial charge >= 0.3 is 0 Å². The Balaban J connectivity index is 2.77. The summed E-state index contributed by atoms with van der Waals surface area (Å²) in [7, 11) is 0. The van der Waals surface area contributed by atoms with E-state index in [9.17, 15) is 10.1 Å². The molecule has 1 unspecified atom stereocenters. The van der Waals surface area contributed by atoms with Crippen molar-refractivity contribution in [3.8, 4) is 0 Å². The summed E-state index contributed by atoms with van der Waals surface area (Å²) in [4.78, 5) is 17.8. The van der Waals surface area contributed by atoms with Gasteiger partial charge in [-0.2, -0.15) is 4.99 Å². The highest BCUT2D eigenvalue weighted by Crippen LogP contribution is 2.14. The molecule has 1 aromatic carbocycles. The molecule has 1 rings (SSSR count). The van der Waals surface area contributed by atoms with Crippen LogP contribution in [0.1, 0.15) is 12.5 Å². The number of rotatable bonds is 4. The first-order chi connectivity index (χ1) is 8.88. The largest absolute Gasteiger partial charge is 0.370 e. The molecule has 0 saturated heterocycles. The number of nitrogens with two attached hydrogens (primary N) is 3. The first-order valence-corrected chi connectivity index (χ1v) is 5.54. The van der Waals surface area contributed by atoms with Crippen LogP contribution in [0.25, 0.3) is 0 Å². The molecule has 8 heteroatoms. The lowest BCUT2D eigenvalue weighted by Crippen LogP contribution is -2.26. The quantitative estimate of drug-likeness (QED) is 0.306. The van der Waals surface area contributed by atoms with Crippen molar-refractivity contribution in [1.29, 1.82) is 0 Å². The highest BCUT2D eigenvalue weighted by molar-refractivity contribution is 5.93. The minimum Gasteiger partial charge on any atom is -0.370 e. The van der Waals surface area contributed by atoms with Crippen LogP contribution in [0, 0.1) is 10.1 Å². The molecule has 0 amide bonds. The first kappa shape index (κ1) is 14.4. The Morgan fingerprint density at radius 3 is 2.37 bits per heavy atom. The maximum absolute atomic E-state index is 10.5. The number of nitrogens with zero attached hydrogens (tertiary/aromatic N) is 3. The minimum absolute atomic E-state index is 0.0496. The molecule has 6 N–H and O–H groups in total. The normalized spacial score (nSPS) is 12.8. The highest BCUT2D eigenvalue weighted by atomic mass is 16.6. The van der Waals surface area contributed by atoms with E-state index in [1.807, 2.05) is 0 Å². The van der Waals surface area contributed by atoms with Crippen LogP contribution in [0.3, 0.4) is 0 Å². The number of hydrogen-bond donors (Lipinski definition) is 3. The van der Waals surface area contributed by atoms with Crippen LogP contribution in [0.2, 0.25) is 0 Å². The van der Waals surface area contributed by atoms with Crippen molar-refractivity contribution in [3.05, 3.63) is 39.9 Å². The zero-order valence-electron chi connectivity index (χ0n) is 10.5. The lowest BCUT2D eigenvalue weighted by Gasteiger charge is -2.04. The summed E-state index contributed by atoms with van der Waals surface area (Å²) in [5.74, 6) is -0.218. The van der Waals surface area contributed by atoms with E-state index in [-0.39, 0.29) is 16.8 Å². The van der Waals surface area contributed by atoms with Crippen LogP contribution < -0.4 is 17.2 Å². The van der Waals surface area contributed by atoms with Gasteiger partial charge in [0.1, 0.15) is 0 Å². The fraction of sp³-hybridized carbons (Fsp3) is 0.273. The SMILES string of the molecule is CC(Cc1ccc(N=C(N)N=C(N)N)cc1)[N+](=O)[O-]. The van der Waals surface area contributed by atoms with E-state index < -0.39 is 6.04 Å². The van der Waals surface area contributed by atoms with Gasteiger partial charge in [0, 0.05) is 18.3 Å². The Labute approximate surface area is 110 Å². The molecular weight excluding hydrogens is 248 g/mol. The second-order valence-corrected chi connectivity index (χ2v) is 4.01. The zero-order chi connectivity index (χ0) is 14.4. The van der Waals surface area contributed by atoms with Gasteiger partial charge in [-0.25, -0.2) is 4.99 Å². The van der Waals surface area contributed by atoms with Gasteiger partial charge in [0.25, 0.3) is 0 Å². The van der Waals surface area contributed by atoms with Gasteiger partial charge in [-0.05, 0) is 17.7 Å². The molecule has 0 aliphatic carbocycles. The third-order valence-corrected chi connectivity index (χ3v) is 2.31. The summed E-state index contributed by atoms with van der Waals surface area (Å²) in [6.07, 6.45) is 0.361. The summed E-state index contributed by atoms with van der Waals surface area (Å²) in [6.45, 7) is 1.56. The molecule has 0 bridgehead atoms. The minimum atomic E-state index is -0.624. The van der Waals surface area contributed by atoms with Crippen molar-refractivity contribution in [2.75, 3.05) is 0 Å². The lowest BCUT2D eigenvalue weighted by molar-refractivity contribution is -0.517. The van der Waals surface area contributed by atoms with Crippen molar-refractivity contribution in [3.63, 3.8) is 0 Å². The van der Waals surface area contributed by atoms with E-state index in [1.54, 1.807) is 31.2 Å². The predicted octanol–water partition coefficient (Wildman–Crippen LogP) is 0.114. The number of aliphatic imine (C=N–C) groups is 2. The molecule has 0 saturated carbocycles. The van der Waals surface area contributed by atoms with E-state index in [1.165, 1.54) is 0 Å². The van der Waals surface area contributed by atoms with Gasteiger partial charge in [-0.1, -0.05) is 12.1 Å². The van der Waals surface area contributed by atoms with Crippen LogP contribution in [0.15, 0.2) is 34.3 Å². The average molecular weight is 264 g/mol. The molecular formula is C11H16N6O2. The molecule has 0 aliphatic heterocycles. The second-order valence-electron chi connectivity index (χ2n) is 4.01. The third-order valence-electron chi connectivity index (χ3n) is 2.31. The van der Waals surface area contributed by atoms with Crippen molar-refractivity contribution in [2.24, 2.45) is 27.2 Å². The Bertz CT molecular complexity index is 504. The molecule has 0 aliphatic rings. The van der Waals surface area contributed by atoms with Crippen LogP contribution in [-0.2, 0) is 6.42 Å². The summed E-state index contributed by atoms with van der Waals surface area (Å²) in [5, 5.41) is 10.5. The summed E-state index contributed by atoms with van der Waals surface area (Å²) in [6, 6.07) is 6.26. The van der Waals surface area contributed by atoms with Gasteiger partial charge in [0.15, 0.2) is 5.96 Å². The smallest absolute Gasteiger partial charge is 0.223 e. The van der Waals surface area contributed by atoms with Gasteiger partial charge < -0.3 is 17.2 Å². The maximum Gasteiger partial charge on any atom is 0.223 e. The molecule has 0 radical (unpaired) electrons. The molecule has 1 atom stereocenters. The Kier molecular flexibility index (Phi) is 4.81. The van der Waals surface area contributed by atoms with Crippen LogP contribution >= 0.6 is 0 Å². The summed E-state index contributed by atoms with van der Waals surface area (Å²) >= 11 is 0. The molecule has 0 spiro atoms. The van der Waals surface area contributed by atoms with E-state index in [4.69, 9.17) is 17.2 Å². The third kappa shape index (κ3) is 5.02. The van der Waals surface area contributed by atoms with E-state index in [0.717, 1.165) is 5.56 Å². The monoisotopic (exact) mass is 264 g/mol. The summed E-state index contributed by atoms with van der Waals surface area (Å²) in [5.41, 5.74) is 17.2. The highest BCUT2D eigenvalue weighted by Gasteiger charge is 2.12. The number of guanidine groups is 2. The number of benzene rings is 1. The molecule has 102 valence electrons. The molecule has 0 fully saturated rings. The Morgan fingerprint density at radius 1 is 1.32 bits per heavy atom. The van der Waals surface area contributed by atoms with Gasteiger partial charge in [-0.15, -0.1) is 0 Å². The average Bonchev–Trinajstić information content (AvgIpc) is 2.30. The van der Waals surface area contributed by atoms with E-state index in [2.05, 4.69) is 9.98 Å². The van der Waals surface area contributed by atoms with Gasteiger partial charge in [-0.3, -0.25) is 10.1 Å². The molecule has 0 aromatic heterocycles. The Morgan fingerprint density at radius 2 is 1.89 bits per heavy atom. The fourth-order valence-corrected chi connectivity index (χ4v) is 1.41. The summed E-state index contributed by atoms with van der Waals surface area (Å²) < 4.78 is 0. The van der Waals surface area contributed by atoms with Crippen molar-refractivity contribution < 1.29 is 4.92 Å². The van der Waals surface area contributed by atoms with Gasteiger partial charge in [0.05, 0.1) is 5.69 Å². The van der Waals surface area contributed by atoms with Gasteiger partial charge in [0.2, 0.25) is 12.0 Å². The fourth-order valence-electron chi connectivity index (χ4n) is 1.41. The molecule has 0 heterocycles. The molecule has 8 nitrogen and oxygen atoms in total. The van der Waals surface area contributed by atoms with Crippen LogP contribution in [0.4, 0.5) is 5.69 Å².